The Morgan fingerprint density at radius 3 is 2.94 bits per heavy atom. The standard InChI is InChI=1S/C13H14N4O/c1-9(18)15-17-12(14)8-16-11-5-3-2-4-10(11)6-7-13(16)17/h2-5,8H,6-7,14H2,1H3/p+1. The highest BCUT2D eigenvalue weighted by atomic mass is 16.2. The first-order valence-corrected chi connectivity index (χ1v) is 5.94. The van der Waals surface area contributed by atoms with Gasteiger partial charge in [-0.1, -0.05) is 18.2 Å². The number of nitrogens with zero attached hydrogens (tertiary/aromatic N) is 2. The molecule has 5 nitrogen and oxygen atoms in total. The molecule has 0 bridgehead atoms. The van der Waals surface area contributed by atoms with Crippen LogP contribution >= 0.6 is 0 Å². The number of aromatic nitrogens is 2. The summed E-state index contributed by atoms with van der Waals surface area (Å²) in [5, 5.41) is 0. The summed E-state index contributed by atoms with van der Waals surface area (Å²) in [6.45, 7) is 1.48. The maximum absolute atomic E-state index is 11.2. The predicted octanol–water partition coefficient (Wildman–Crippen LogP) is 0.536. The van der Waals surface area contributed by atoms with E-state index in [2.05, 4.69) is 17.6 Å². The number of rotatable bonds is 1. The monoisotopic (exact) mass is 243 g/mol. The van der Waals surface area contributed by atoms with Gasteiger partial charge in [0.1, 0.15) is 5.69 Å². The minimum absolute atomic E-state index is 0.125. The van der Waals surface area contributed by atoms with Crippen LogP contribution in [0.2, 0.25) is 0 Å². The number of aryl methyl sites for hydroxylation is 1. The number of imidazole rings is 1. The molecule has 1 aliphatic heterocycles. The Kier molecular flexibility index (Phi) is 2.33. The van der Waals surface area contributed by atoms with Gasteiger partial charge in [-0.3, -0.25) is 4.79 Å². The third-order valence-electron chi connectivity index (χ3n) is 3.19. The number of nitrogen functional groups attached to an aromatic ring is 1. The largest absolute Gasteiger partial charge is 0.361 e. The van der Waals surface area contributed by atoms with E-state index in [0.29, 0.717) is 5.82 Å². The van der Waals surface area contributed by atoms with Crippen molar-refractivity contribution in [1.82, 2.24) is 4.68 Å². The van der Waals surface area contributed by atoms with Gasteiger partial charge in [0.2, 0.25) is 0 Å². The predicted molar refractivity (Wildman–Crippen MR) is 67.8 cm³/mol. The molecule has 1 aromatic heterocycles. The lowest BCUT2D eigenvalue weighted by atomic mass is 10.0. The van der Waals surface area contributed by atoms with E-state index >= 15 is 0 Å². The number of nitrogens with one attached hydrogen (secondary N) is 1. The van der Waals surface area contributed by atoms with Crippen LogP contribution in [0.15, 0.2) is 30.5 Å². The van der Waals surface area contributed by atoms with Crippen molar-refractivity contribution in [3.05, 3.63) is 41.9 Å². The maximum Gasteiger partial charge on any atom is 0.287 e. The third kappa shape index (κ3) is 1.55. The van der Waals surface area contributed by atoms with Gasteiger partial charge in [0.25, 0.3) is 17.5 Å². The van der Waals surface area contributed by atoms with Crippen molar-refractivity contribution in [2.24, 2.45) is 0 Å². The highest BCUT2D eigenvalue weighted by molar-refractivity contribution is 5.81. The molecule has 3 N–H and O–H groups in total. The van der Waals surface area contributed by atoms with Crippen LogP contribution in [0, 0.1) is 0 Å². The second-order valence-electron chi connectivity index (χ2n) is 4.47. The van der Waals surface area contributed by atoms with Crippen LogP contribution in [0.4, 0.5) is 5.82 Å². The molecule has 1 aliphatic rings. The Balaban J connectivity index is 2.16. The summed E-state index contributed by atoms with van der Waals surface area (Å²) in [5.41, 5.74) is 11.1. The van der Waals surface area contributed by atoms with Crippen LogP contribution in [-0.2, 0) is 17.6 Å². The number of benzene rings is 1. The molecule has 0 atom stereocenters. The van der Waals surface area contributed by atoms with Crippen LogP contribution in [0.5, 0.6) is 0 Å². The molecule has 0 unspecified atom stereocenters. The van der Waals surface area contributed by atoms with Gasteiger partial charge < -0.3 is 5.73 Å². The summed E-state index contributed by atoms with van der Waals surface area (Å²) in [5.74, 6) is 1.41. The Morgan fingerprint density at radius 2 is 2.17 bits per heavy atom. The van der Waals surface area contributed by atoms with Gasteiger partial charge >= 0.3 is 0 Å². The summed E-state index contributed by atoms with van der Waals surface area (Å²) < 4.78 is 3.71. The summed E-state index contributed by atoms with van der Waals surface area (Å²) >= 11 is 0. The van der Waals surface area contributed by atoms with E-state index in [9.17, 15) is 4.79 Å². The van der Waals surface area contributed by atoms with Crippen LogP contribution in [-0.4, -0.2) is 10.6 Å². The number of hydrogen-bond donors (Lipinski definition) is 2. The van der Waals surface area contributed by atoms with E-state index in [4.69, 9.17) is 5.73 Å². The minimum atomic E-state index is -0.125. The first-order valence-electron chi connectivity index (χ1n) is 5.94. The molecule has 92 valence electrons. The van der Waals surface area contributed by atoms with Gasteiger partial charge in [-0.2, -0.15) is 9.99 Å². The lowest BCUT2D eigenvalue weighted by Gasteiger charge is -2.13. The van der Waals surface area contributed by atoms with Crippen LogP contribution in [0.1, 0.15) is 18.3 Å². The molecule has 3 rings (SSSR count). The Hall–Kier alpha value is -2.30. The number of para-hydroxylation sites is 1. The SMILES string of the molecule is CC(=O)Nn1c(N)c[n+]2c1CCc1ccccc1-2. The number of carbonyl (C=O) groups excluding carboxylic acids is 1. The Morgan fingerprint density at radius 1 is 1.39 bits per heavy atom. The van der Waals surface area contributed by atoms with Gasteiger partial charge in [0.05, 0.1) is 6.42 Å². The fourth-order valence-electron chi connectivity index (χ4n) is 2.45. The molecule has 1 aromatic carbocycles. The van der Waals surface area contributed by atoms with E-state index < -0.39 is 0 Å². The van der Waals surface area contributed by atoms with Crippen LogP contribution < -0.4 is 15.7 Å². The fraction of sp³-hybridized carbons (Fsp3) is 0.231. The highest BCUT2D eigenvalue weighted by Gasteiger charge is 2.29. The zero-order valence-electron chi connectivity index (χ0n) is 10.2. The number of hydrogen-bond acceptors (Lipinski definition) is 2. The topological polar surface area (TPSA) is 63.9 Å². The van der Waals surface area contributed by atoms with Crippen molar-refractivity contribution in [3.8, 4) is 5.69 Å². The first kappa shape index (κ1) is 10.8. The van der Waals surface area contributed by atoms with Gasteiger partial charge in [-0.25, -0.2) is 0 Å². The molecule has 0 aliphatic carbocycles. The lowest BCUT2D eigenvalue weighted by molar-refractivity contribution is -0.606. The molecule has 0 fully saturated rings. The third-order valence-corrected chi connectivity index (χ3v) is 3.19. The van der Waals surface area contributed by atoms with Crippen LogP contribution in [0.25, 0.3) is 5.69 Å². The van der Waals surface area contributed by atoms with E-state index in [-0.39, 0.29) is 5.91 Å². The number of fused-ring (bicyclic) bond motifs is 3. The molecular weight excluding hydrogens is 228 g/mol. The summed E-state index contributed by atoms with van der Waals surface area (Å²) in [6.07, 6.45) is 3.66. The highest BCUT2D eigenvalue weighted by Crippen LogP contribution is 2.19. The van der Waals surface area contributed by atoms with Crippen molar-refractivity contribution in [2.75, 3.05) is 11.2 Å². The molecule has 0 radical (unpaired) electrons. The zero-order valence-corrected chi connectivity index (χ0v) is 10.2. The second kappa shape index (κ2) is 3.87. The lowest BCUT2D eigenvalue weighted by Crippen LogP contribution is -2.40. The quantitative estimate of drug-likeness (QED) is 0.718. The van der Waals surface area contributed by atoms with Gasteiger partial charge in [-0.05, 0) is 18.1 Å². The van der Waals surface area contributed by atoms with Crippen molar-refractivity contribution in [1.29, 1.82) is 0 Å². The minimum Gasteiger partial charge on any atom is -0.361 e. The maximum atomic E-state index is 11.2. The van der Waals surface area contributed by atoms with Crippen molar-refractivity contribution in [3.63, 3.8) is 0 Å². The van der Waals surface area contributed by atoms with Crippen molar-refractivity contribution in [2.45, 2.75) is 19.8 Å². The molecule has 0 saturated carbocycles. The first-order chi connectivity index (χ1) is 8.66. The molecule has 2 aromatic rings. The second-order valence-corrected chi connectivity index (χ2v) is 4.47. The zero-order chi connectivity index (χ0) is 12.7. The summed E-state index contributed by atoms with van der Waals surface area (Å²) in [4.78, 5) is 11.2. The fourth-order valence-corrected chi connectivity index (χ4v) is 2.45. The number of carbonyl (C=O) groups is 1. The van der Waals surface area contributed by atoms with Crippen molar-refractivity contribution >= 4 is 11.7 Å². The Labute approximate surface area is 105 Å². The average molecular weight is 243 g/mol. The van der Waals surface area contributed by atoms with Crippen molar-refractivity contribution < 1.29 is 9.36 Å². The molecule has 18 heavy (non-hydrogen) atoms. The number of nitrogens with two attached hydrogens (primary N) is 1. The molecule has 1 amide bonds. The van der Waals surface area contributed by atoms with Gasteiger partial charge in [-0.15, -0.1) is 4.68 Å². The van der Waals surface area contributed by atoms with E-state index in [1.807, 2.05) is 22.9 Å². The van der Waals surface area contributed by atoms with Gasteiger partial charge in [0, 0.05) is 6.92 Å². The average Bonchev–Trinajstić information content (AvgIpc) is 2.66. The van der Waals surface area contributed by atoms with E-state index in [0.717, 1.165) is 24.4 Å². The normalized spacial score (nSPS) is 12.7. The smallest absolute Gasteiger partial charge is 0.287 e. The summed E-state index contributed by atoms with van der Waals surface area (Å²) in [6, 6.07) is 8.23. The Bertz CT molecular complexity index is 630. The van der Waals surface area contributed by atoms with Gasteiger partial charge in [0.15, 0.2) is 6.20 Å². The van der Waals surface area contributed by atoms with E-state index in [1.165, 1.54) is 12.5 Å². The molecule has 5 heteroatoms. The van der Waals surface area contributed by atoms with Crippen LogP contribution in [0.3, 0.4) is 0 Å². The number of anilines is 1. The number of amides is 1. The summed E-state index contributed by atoms with van der Waals surface area (Å²) in [7, 11) is 0. The van der Waals surface area contributed by atoms with E-state index in [1.54, 1.807) is 4.68 Å². The molecular formula is C13H15N4O+. The molecule has 2 heterocycles. The molecule has 0 saturated heterocycles. The molecule has 0 spiro atoms.